The van der Waals surface area contributed by atoms with Crippen molar-refractivity contribution >= 4 is 25.0 Å². The summed E-state index contributed by atoms with van der Waals surface area (Å²) < 4.78 is 5.04. The second-order valence-corrected chi connectivity index (χ2v) is 10.3. The minimum Gasteiger partial charge on any atom is -0.465 e. The van der Waals surface area contributed by atoms with Crippen LogP contribution in [0.2, 0.25) is 13.1 Å². The van der Waals surface area contributed by atoms with Crippen molar-refractivity contribution in [3.05, 3.63) is 42.1 Å². The van der Waals surface area contributed by atoms with Gasteiger partial charge < -0.3 is 4.74 Å². The van der Waals surface area contributed by atoms with Crippen LogP contribution in [-0.2, 0) is 14.3 Å². The summed E-state index contributed by atoms with van der Waals surface area (Å²) in [5.74, 6) is -0.679. The number of ether oxygens (including phenoxy) is 1. The zero-order chi connectivity index (χ0) is 16.1. The summed E-state index contributed by atoms with van der Waals surface area (Å²) in [6.07, 6.45) is 1.73. The first-order chi connectivity index (χ1) is 9.74. The zero-order valence-electron chi connectivity index (χ0n) is 13.5. The van der Waals surface area contributed by atoms with Crippen molar-refractivity contribution in [2.75, 3.05) is 6.61 Å². The van der Waals surface area contributed by atoms with Gasteiger partial charge in [-0.15, -0.1) is 0 Å². The Morgan fingerprint density at radius 3 is 2.29 bits per heavy atom. The molecule has 0 amide bonds. The molecule has 0 aliphatic heterocycles. The molecule has 0 fully saturated rings. The molecule has 0 heterocycles. The normalized spacial score (nSPS) is 14.7. The van der Waals surface area contributed by atoms with E-state index >= 15 is 0 Å². The third-order valence-electron chi connectivity index (χ3n) is 3.78. The molecular weight excluding hydrogens is 280 g/mol. The van der Waals surface area contributed by atoms with Crippen molar-refractivity contribution < 1.29 is 14.3 Å². The van der Waals surface area contributed by atoms with Gasteiger partial charge in [-0.1, -0.05) is 60.4 Å². The van der Waals surface area contributed by atoms with E-state index in [0.29, 0.717) is 0 Å². The van der Waals surface area contributed by atoms with Crippen molar-refractivity contribution in [2.24, 2.45) is 5.41 Å². The van der Waals surface area contributed by atoms with E-state index in [1.54, 1.807) is 19.9 Å². The summed E-state index contributed by atoms with van der Waals surface area (Å²) in [6, 6.07) is 10.2. The maximum atomic E-state index is 12.1. The fraction of sp³-hybridized carbons (Fsp3) is 0.412. The molecule has 0 saturated carbocycles. The lowest BCUT2D eigenvalue weighted by Crippen LogP contribution is -2.41. The van der Waals surface area contributed by atoms with Gasteiger partial charge in [0.15, 0.2) is 5.78 Å². The average Bonchev–Trinajstić information content (AvgIpc) is 2.45. The Morgan fingerprint density at radius 1 is 1.24 bits per heavy atom. The van der Waals surface area contributed by atoms with E-state index in [0.717, 1.165) is 0 Å². The van der Waals surface area contributed by atoms with Crippen LogP contribution in [0.4, 0.5) is 0 Å². The third kappa shape index (κ3) is 4.14. The molecule has 0 aromatic heterocycles. The van der Waals surface area contributed by atoms with E-state index in [1.165, 1.54) is 12.1 Å². The predicted molar refractivity (Wildman–Crippen MR) is 88.1 cm³/mol. The lowest BCUT2D eigenvalue weighted by atomic mass is 9.87. The van der Waals surface area contributed by atoms with Crippen molar-refractivity contribution in [3.63, 3.8) is 0 Å². The highest BCUT2D eigenvalue weighted by molar-refractivity contribution is 6.93. The summed E-state index contributed by atoms with van der Waals surface area (Å²) in [6.45, 7) is 9.44. The number of hydrogen-bond acceptors (Lipinski definition) is 3. The molecule has 1 atom stereocenters. The number of esters is 1. The Labute approximate surface area is 128 Å². The van der Waals surface area contributed by atoms with Gasteiger partial charge in [0, 0.05) is 0 Å². The van der Waals surface area contributed by atoms with Crippen LogP contribution in [0.3, 0.4) is 0 Å². The Hall–Kier alpha value is -1.68. The molecule has 0 N–H and O–H groups in total. The van der Waals surface area contributed by atoms with Gasteiger partial charge in [-0.2, -0.15) is 0 Å². The molecule has 1 rings (SSSR count). The van der Waals surface area contributed by atoms with E-state index in [4.69, 9.17) is 4.74 Å². The van der Waals surface area contributed by atoms with E-state index in [1.807, 2.05) is 23.9 Å². The average molecular weight is 304 g/mol. The number of hydrogen-bond donors (Lipinski definition) is 0. The molecule has 3 nitrogen and oxygen atoms in total. The topological polar surface area (TPSA) is 43.4 Å². The monoisotopic (exact) mass is 304 g/mol. The van der Waals surface area contributed by atoms with Crippen LogP contribution < -0.4 is 5.19 Å². The van der Waals surface area contributed by atoms with Crippen molar-refractivity contribution in [1.29, 1.82) is 0 Å². The molecule has 114 valence electrons. The van der Waals surface area contributed by atoms with Gasteiger partial charge in [0.25, 0.3) is 0 Å². The quantitative estimate of drug-likeness (QED) is 0.461. The van der Waals surface area contributed by atoms with Gasteiger partial charge in [-0.25, -0.2) is 0 Å². The number of rotatable bonds is 6. The molecule has 4 heteroatoms. The molecule has 0 aliphatic carbocycles. The fourth-order valence-corrected chi connectivity index (χ4v) is 3.94. The van der Waals surface area contributed by atoms with E-state index in [9.17, 15) is 9.59 Å². The number of carbonyl (C=O) groups excluding carboxylic acids is 2. The number of ketones is 1. The molecule has 21 heavy (non-hydrogen) atoms. The van der Waals surface area contributed by atoms with Gasteiger partial charge in [-0.05, 0) is 20.8 Å². The molecule has 0 radical (unpaired) electrons. The van der Waals surface area contributed by atoms with Crippen LogP contribution in [0.15, 0.2) is 42.1 Å². The standard InChI is InChI=1S/C17H24O3Si/c1-6-20-16(19)17(3,14(2)18)12-13-21(4,5)15-10-8-7-9-11-15/h7-13H,6H2,1-5H3/b13-12+. The van der Waals surface area contributed by atoms with Gasteiger partial charge in [0.2, 0.25) is 0 Å². The lowest BCUT2D eigenvalue weighted by Gasteiger charge is -2.24. The van der Waals surface area contributed by atoms with Gasteiger partial charge in [-0.3, -0.25) is 9.59 Å². The highest BCUT2D eigenvalue weighted by atomic mass is 28.3. The Bertz CT molecular complexity index is 534. The summed E-state index contributed by atoms with van der Waals surface area (Å²) in [7, 11) is -1.84. The Balaban J connectivity index is 3.09. The smallest absolute Gasteiger partial charge is 0.323 e. The van der Waals surface area contributed by atoms with Gasteiger partial charge >= 0.3 is 5.97 Å². The molecule has 0 bridgehead atoms. The third-order valence-corrected chi connectivity index (χ3v) is 6.60. The molecule has 0 spiro atoms. The number of benzene rings is 1. The number of Topliss-reactive ketones (excluding diaryl/α,β-unsaturated/α-hetero) is 1. The van der Waals surface area contributed by atoms with E-state index in [-0.39, 0.29) is 12.4 Å². The summed E-state index contributed by atoms with van der Waals surface area (Å²) >= 11 is 0. The molecular formula is C17H24O3Si. The first-order valence-electron chi connectivity index (χ1n) is 7.18. The van der Waals surface area contributed by atoms with Crippen molar-refractivity contribution in [2.45, 2.75) is 33.9 Å². The van der Waals surface area contributed by atoms with Gasteiger partial charge in [0.05, 0.1) is 6.61 Å². The predicted octanol–water partition coefficient (Wildman–Crippen LogP) is 2.86. The van der Waals surface area contributed by atoms with E-state index in [2.05, 4.69) is 25.2 Å². The molecule has 0 aliphatic rings. The fourth-order valence-electron chi connectivity index (χ4n) is 1.95. The Kier molecular flexibility index (Phi) is 5.67. The minimum atomic E-state index is -1.84. The van der Waals surface area contributed by atoms with Crippen LogP contribution >= 0.6 is 0 Å². The highest BCUT2D eigenvalue weighted by Gasteiger charge is 2.38. The first-order valence-corrected chi connectivity index (χ1v) is 10.3. The maximum absolute atomic E-state index is 12.1. The SMILES string of the molecule is CCOC(=O)C(C)(/C=C/[Si](C)(C)c1ccccc1)C(C)=O. The zero-order valence-corrected chi connectivity index (χ0v) is 14.5. The molecule has 0 saturated heterocycles. The van der Waals surface area contributed by atoms with Crippen LogP contribution in [0.25, 0.3) is 0 Å². The van der Waals surface area contributed by atoms with Crippen LogP contribution in [0.5, 0.6) is 0 Å². The Morgan fingerprint density at radius 2 is 1.81 bits per heavy atom. The minimum absolute atomic E-state index is 0.199. The summed E-state index contributed by atoms with van der Waals surface area (Å²) in [5.41, 5.74) is 0.843. The van der Waals surface area contributed by atoms with Crippen LogP contribution in [0, 0.1) is 5.41 Å². The van der Waals surface area contributed by atoms with Crippen LogP contribution in [-0.4, -0.2) is 26.4 Å². The van der Waals surface area contributed by atoms with Crippen molar-refractivity contribution in [1.82, 2.24) is 0 Å². The van der Waals surface area contributed by atoms with Crippen LogP contribution in [0.1, 0.15) is 20.8 Å². The summed E-state index contributed by atoms with van der Waals surface area (Å²) in [4.78, 5) is 24.0. The second-order valence-electron chi connectivity index (χ2n) is 5.90. The van der Waals surface area contributed by atoms with Gasteiger partial charge in [0.1, 0.15) is 13.5 Å². The highest BCUT2D eigenvalue weighted by Crippen LogP contribution is 2.23. The molecule has 1 aromatic carbocycles. The second kappa shape index (κ2) is 6.85. The lowest BCUT2D eigenvalue weighted by molar-refractivity contribution is -0.155. The molecule has 1 unspecified atom stereocenters. The largest absolute Gasteiger partial charge is 0.465 e. The first kappa shape index (κ1) is 17.4. The maximum Gasteiger partial charge on any atom is 0.323 e. The van der Waals surface area contributed by atoms with Crippen molar-refractivity contribution in [3.8, 4) is 0 Å². The summed E-state index contributed by atoms with van der Waals surface area (Å²) in [5, 5.41) is 1.26. The molecule has 1 aromatic rings. The number of carbonyl (C=O) groups is 2. The van der Waals surface area contributed by atoms with E-state index < -0.39 is 19.5 Å².